The van der Waals surface area contributed by atoms with Crippen LogP contribution in [0.4, 0.5) is 0 Å². The molecule has 1 aromatic rings. The van der Waals surface area contributed by atoms with Gasteiger partial charge in [0.15, 0.2) is 0 Å². The van der Waals surface area contributed by atoms with E-state index in [0.717, 1.165) is 23.7 Å². The lowest BCUT2D eigenvalue weighted by molar-refractivity contribution is 0.238. The van der Waals surface area contributed by atoms with Gasteiger partial charge in [-0.1, -0.05) is 39.3 Å². The van der Waals surface area contributed by atoms with E-state index in [1.165, 1.54) is 4.88 Å². The van der Waals surface area contributed by atoms with Crippen molar-refractivity contribution in [2.45, 2.75) is 46.6 Å². The average Bonchev–Trinajstić information content (AvgIpc) is 2.65. The van der Waals surface area contributed by atoms with Crippen LogP contribution in [0.5, 0.6) is 0 Å². The molecule has 0 aromatic carbocycles. The number of thiophene rings is 1. The second-order valence-corrected chi connectivity index (χ2v) is 6.62. The van der Waals surface area contributed by atoms with Crippen LogP contribution in [0.1, 0.15) is 51.5 Å². The molecular formula is C13H22ClNS. The lowest BCUT2D eigenvalue weighted by atomic mass is 9.81. The molecule has 1 nitrogen and oxygen atoms in total. The number of nitrogens with one attached hydrogen (secondary N) is 1. The van der Waals surface area contributed by atoms with Gasteiger partial charge in [0.05, 0.1) is 4.34 Å². The zero-order valence-electron chi connectivity index (χ0n) is 10.6. The van der Waals surface area contributed by atoms with Gasteiger partial charge < -0.3 is 5.32 Å². The van der Waals surface area contributed by atoms with E-state index >= 15 is 0 Å². The van der Waals surface area contributed by atoms with Crippen molar-refractivity contribution in [3.8, 4) is 0 Å². The van der Waals surface area contributed by atoms with Crippen molar-refractivity contribution in [2.24, 2.45) is 5.41 Å². The topological polar surface area (TPSA) is 12.0 Å². The largest absolute Gasteiger partial charge is 0.309 e. The maximum absolute atomic E-state index is 6.02. The summed E-state index contributed by atoms with van der Waals surface area (Å²) in [5.41, 5.74) is 0.267. The van der Waals surface area contributed by atoms with Gasteiger partial charge in [-0.3, -0.25) is 0 Å². The summed E-state index contributed by atoms with van der Waals surface area (Å²) in [7, 11) is 0. The Hall–Kier alpha value is -0.0500. The summed E-state index contributed by atoms with van der Waals surface area (Å²) in [6.45, 7) is 10.1. The molecule has 0 saturated heterocycles. The minimum Gasteiger partial charge on any atom is -0.309 e. The summed E-state index contributed by atoms with van der Waals surface area (Å²) in [6.07, 6.45) is 2.32. The van der Waals surface area contributed by atoms with E-state index in [1.807, 2.05) is 6.07 Å². The lowest BCUT2D eigenvalue weighted by Gasteiger charge is -2.33. The zero-order valence-corrected chi connectivity index (χ0v) is 12.2. The highest BCUT2D eigenvalue weighted by atomic mass is 35.5. The fourth-order valence-electron chi connectivity index (χ4n) is 1.74. The molecule has 0 radical (unpaired) electrons. The molecule has 1 heterocycles. The highest BCUT2D eigenvalue weighted by molar-refractivity contribution is 7.16. The molecule has 0 amide bonds. The molecule has 1 atom stereocenters. The first kappa shape index (κ1) is 14.0. The molecule has 0 aliphatic heterocycles. The van der Waals surface area contributed by atoms with Crippen LogP contribution in [-0.4, -0.2) is 6.54 Å². The maximum atomic E-state index is 6.02. The predicted octanol–water partition coefficient (Wildman–Crippen LogP) is 4.88. The van der Waals surface area contributed by atoms with Crippen molar-refractivity contribution < 1.29 is 0 Å². The standard InChI is InChI=1S/C13H22ClNS/c1-5-9-15-12(13(3,4)6-2)10-7-8-11(14)16-10/h7-8,12,15H,5-6,9H2,1-4H3. The Morgan fingerprint density at radius 1 is 1.38 bits per heavy atom. The third kappa shape index (κ3) is 3.47. The van der Waals surface area contributed by atoms with Crippen LogP contribution >= 0.6 is 22.9 Å². The summed E-state index contributed by atoms with van der Waals surface area (Å²) in [5.74, 6) is 0. The highest BCUT2D eigenvalue weighted by Crippen LogP contribution is 2.40. The zero-order chi connectivity index (χ0) is 12.2. The quantitative estimate of drug-likeness (QED) is 0.768. The van der Waals surface area contributed by atoms with Crippen LogP contribution in [-0.2, 0) is 0 Å². The molecule has 0 saturated carbocycles. The lowest BCUT2D eigenvalue weighted by Crippen LogP contribution is -2.33. The molecule has 1 rings (SSSR count). The summed E-state index contributed by atoms with van der Waals surface area (Å²) in [6, 6.07) is 4.56. The van der Waals surface area contributed by atoms with Crippen LogP contribution in [0.2, 0.25) is 4.34 Å². The van der Waals surface area contributed by atoms with Gasteiger partial charge in [-0.05, 0) is 36.9 Å². The van der Waals surface area contributed by atoms with Crippen LogP contribution < -0.4 is 5.32 Å². The Labute approximate surface area is 108 Å². The molecule has 92 valence electrons. The van der Waals surface area contributed by atoms with Crippen molar-refractivity contribution in [1.82, 2.24) is 5.32 Å². The Bertz CT molecular complexity index is 319. The van der Waals surface area contributed by atoms with Crippen molar-refractivity contribution in [3.05, 3.63) is 21.3 Å². The van der Waals surface area contributed by atoms with Crippen molar-refractivity contribution in [2.75, 3.05) is 6.54 Å². The molecule has 1 N–H and O–H groups in total. The Balaban J connectivity index is 2.87. The Morgan fingerprint density at radius 2 is 2.06 bits per heavy atom. The van der Waals surface area contributed by atoms with E-state index < -0.39 is 0 Å². The molecule has 0 spiro atoms. The number of hydrogen-bond acceptors (Lipinski definition) is 2. The summed E-state index contributed by atoms with van der Waals surface area (Å²) in [5, 5.41) is 3.64. The van der Waals surface area contributed by atoms with Gasteiger partial charge in [-0.2, -0.15) is 0 Å². The molecule has 3 heteroatoms. The van der Waals surface area contributed by atoms with Crippen molar-refractivity contribution in [3.63, 3.8) is 0 Å². The second kappa shape index (κ2) is 6.04. The number of halogens is 1. The first-order valence-corrected chi connectivity index (χ1v) is 7.19. The predicted molar refractivity (Wildman–Crippen MR) is 74.4 cm³/mol. The van der Waals surface area contributed by atoms with Crippen LogP contribution in [0.3, 0.4) is 0 Å². The van der Waals surface area contributed by atoms with Gasteiger partial charge in [0.2, 0.25) is 0 Å². The van der Waals surface area contributed by atoms with Crippen LogP contribution in [0, 0.1) is 5.41 Å². The van der Waals surface area contributed by atoms with Crippen molar-refractivity contribution >= 4 is 22.9 Å². The minimum atomic E-state index is 0.267. The first-order valence-electron chi connectivity index (χ1n) is 6.00. The maximum Gasteiger partial charge on any atom is 0.0931 e. The van der Waals surface area contributed by atoms with Crippen LogP contribution in [0.15, 0.2) is 12.1 Å². The monoisotopic (exact) mass is 259 g/mol. The molecule has 1 unspecified atom stereocenters. The van der Waals surface area contributed by atoms with Gasteiger partial charge in [0.25, 0.3) is 0 Å². The first-order chi connectivity index (χ1) is 7.51. The molecule has 0 bridgehead atoms. The fraction of sp³-hybridized carbons (Fsp3) is 0.692. The number of hydrogen-bond donors (Lipinski definition) is 1. The van der Waals surface area contributed by atoms with Gasteiger partial charge in [-0.25, -0.2) is 0 Å². The Kier molecular flexibility index (Phi) is 5.29. The van der Waals surface area contributed by atoms with Gasteiger partial charge >= 0.3 is 0 Å². The van der Waals surface area contributed by atoms with E-state index in [4.69, 9.17) is 11.6 Å². The number of rotatable bonds is 6. The van der Waals surface area contributed by atoms with Gasteiger partial charge in [-0.15, -0.1) is 11.3 Å². The normalized spacial score (nSPS) is 14.1. The van der Waals surface area contributed by atoms with Crippen molar-refractivity contribution in [1.29, 1.82) is 0 Å². The third-order valence-corrected chi connectivity index (χ3v) is 4.47. The van der Waals surface area contributed by atoms with E-state index in [1.54, 1.807) is 11.3 Å². The second-order valence-electron chi connectivity index (χ2n) is 4.87. The highest BCUT2D eigenvalue weighted by Gasteiger charge is 2.29. The minimum absolute atomic E-state index is 0.267. The molecule has 0 aliphatic carbocycles. The van der Waals surface area contributed by atoms with E-state index in [0.29, 0.717) is 6.04 Å². The third-order valence-electron chi connectivity index (χ3n) is 3.17. The molecular weight excluding hydrogens is 238 g/mol. The molecule has 0 aliphatic rings. The average molecular weight is 260 g/mol. The summed E-state index contributed by atoms with van der Waals surface area (Å²) >= 11 is 7.71. The van der Waals surface area contributed by atoms with E-state index in [9.17, 15) is 0 Å². The molecule has 0 fully saturated rings. The SMILES string of the molecule is CCCNC(c1ccc(Cl)s1)C(C)(C)CC. The van der Waals surface area contributed by atoms with E-state index in [2.05, 4.69) is 39.1 Å². The van der Waals surface area contributed by atoms with Gasteiger partial charge in [0.1, 0.15) is 0 Å². The van der Waals surface area contributed by atoms with Crippen LogP contribution in [0.25, 0.3) is 0 Å². The summed E-state index contributed by atoms with van der Waals surface area (Å²) < 4.78 is 0.880. The Morgan fingerprint density at radius 3 is 2.50 bits per heavy atom. The van der Waals surface area contributed by atoms with Gasteiger partial charge in [0, 0.05) is 10.9 Å². The smallest absolute Gasteiger partial charge is 0.0931 e. The summed E-state index contributed by atoms with van der Waals surface area (Å²) in [4.78, 5) is 1.35. The fourth-order valence-corrected chi connectivity index (χ4v) is 3.09. The molecule has 16 heavy (non-hydrogen) atoms. The molecule has 1 aromatic heterocycles. The van der Waals surface area contributed by atoms with E-state index in [-0.39, 0.29) is 5.41 Å².